The van der Waals surface area contributed by atoms with Crippen LogP contribution in [0.2, 0.25) is 0 Å². The van der Waals surface area contributed by atoms with Crippen molar-refractivity contribution >= 4 is 21.7 Å². The quantitative estimate of drug-likeness (QED) is 0.856. The van der Waals surface area contributed by atoms with Crippen molar-refractivity contribution in [2.45, 2.75) is 19.3 Å². The molecule has 0 aromatic heterocycles. The van der Waals surface area contributed by atoms with Gasteiger partial charge in [-0.1, -0.05) is 15.9 Å². The Balaban J connectivity index is 2.30. The summed E-state index contributed by atoms with van der Waals surface area (Å²) < 4.78 is 30.5. The minimum atomic E-state index is -2.92. The Hall–Kier alpha value is -0.970. The van der Waals surface area contributed by atoms with Crippen LogP contribution >= 0.6 is 15.9 Å². The maximum atomic E-state index is 12.2. The van der Waals surface area contributed by atoms with E-state index in [1.807, 2.05) is 6.07 Å². The van der Waals surface area contributed by atoms with Gasteiger partial charge in [0.25, 0.3) is 6.43 Å². The molecule has 1 aliphatic heterocycles. The number of ether oxygens (including phenoxy) is 1. The summed E-state index contributed by atoms with van der Waals surface area (Å²) in [7, 11) is 0. The number of hydrogen-bond donors (Lipinski definition) is 0. The summed E-state index contributed by atoms with van der Waals surface area (Å²) >= 11 is 3.29. The molecule has 1 heterocycles. The van der Waals surface area contributed by atoms with E-state index in [1.54, 1.807) is 6.07 Å². The van der Waals surface area contributed by atoms with Gasteiger partial charge in [-0.3, -0.25) is 4.79 Å². The second-order valence-electron chi connectivity index (χ2n) is 3.60. The van der Waals surface area contributed by atoms with Crippen LogP contribution in [-0.4, -0.2) is 18.8 Å². The first-order valence-electron chi connectivity index (χ1n) is 4.83. The van der Waals surface area contributed by atoms with Gasteiger partial charge in [0.15, 0.2) is 0 Å². The molecule has 86 valence electrons. The fourth-order valence-corrected chi connectivity index (χ4v) is 2.29. The zero-order valence-electron chi connectivity index (χ0n) is 8.30. The standard InChI is InChI=1S/C11H9BrF2O2/c12-8-3-6-1-2-16-10(6)7(4-8)5-9(15)11(13)14/h3-4,11H,1-2,5H2. The molecule has 0 saturated heterocycles. The van der Waals surface area contributed by atoms with Crippen LogP contribution in [0.25, 0.3) is 0 Å². The zero-order chi connectivity index (χ0) is 11.7. The highest BCUT2D eigenvalue weighted by Crippen LogP contribution is 2.33. The molecule has 0 radical (unpaired) electrons. The van der Waals surface area contributed by atoms with E-state index < -0.39 is 12.2 Å². The highest BCUT2D eigenvalue weighted by Gasteiger charge is 2.22. The van der Waals surface area contributed by atoms with Crippen LogP contribution in [0.15, 0.2) is 16.6 Å². The van der Waals surface area contributed by atoms with Gasteiger partial charge in [0.1, 0.15) is 5.75 Å². The monoisotopic (exact) mass is 290 g/mol. The predicted octanol–water partition coefficient (Wildman–Crippen LogP) is 2.76. The molecule has 1 aliphatic rings. The summed E-state index contributed by atoms with van der Waals surface area (Å²) in [5, 5.41) is 0. The predicted molar refractivity (Wildman–Crippen MR) is 58.1 cm³/mol. The third-order valence-electron chi connectivity index (χ3n) is 2.43. The number of Topliss-reactive ketones (excluding diaryl/α,β-unsaturated/α-hetero) is 1. The lowest BCUT2D eigenvalue weighted by atomic mass is 10.0. The summed E-state index contributed by atoms with van der Waals surface area (Å²) in [6.45, 7) is 0.543. The molecule has 1 aromatic carbocycles. The van der Waals surface area contributed by atoms with Gasteiger partial charge in [0, 0.05) is 22.9 Å². The highest BCUT2D eigenvalue weighted by molar-refractivity contribution is 9.10. The molecule has 0 saturated carbocycles. The molecular formula is C11H9BrF2O2. The molecule has 0 bridgehead atoms. The third kappa shape index (κ3) is 2.24. The van der Waals surface area contributed by atoms with Crippen LogP contribution in [0.1, 0.15) is 11.1 Å². The average Bonchev–Trinajstić information content (AvgIpc) is 2.65. The summed E-state index contributed by atoms with van der Waals surface area (Å²) in [5.41, 5.74) is 1.50. The summed E-state index contributed by atoms with van der Waals surface area (Å²) in [6, 6.07) is 3.54. The van der Waals surface area contributed by atoms with E-state index in [-0.39, 0.29) is 6.42 Å². The number of alkyl halides is 2. The lowest BCUT2D eigenvalue weighted by molar-refractivity contribution is -0.128. The van der Waals surface area contributed by atoms with Gasteiger partial charge in [-0.15, -0.1) is 0 Å². The van der Waals surface area contributed by atoms with Crippen molar-refractivity contribution in [3.05, 3.63) is 27.7 Å². The van der Waals surface area contributed by atoms with E-state index in [9.17, 15) is 13.6 Å². The molecule has 0 amide bonds. The van der Waals surface area contributed by atoms with Gasteiger partial charge < -0.3 is 4.74 Å². The molecule has 0 unspecified atom stereocenters. The number of benzene rings is 1. The first-order chi connectivity index (χ1) is 7.58. The smallest absolute Gasteiger partial charge is 0.296 e. The van der Waals surface area contributed by atoms with E-state index in [2.05, 4.69) is 15.9 Å². The molecule has 0 aliphatic carbocycles. The molecule has 0 atom stereocenters. The van der Waals surface area contributed by atoms with Crippen molar-refractivity contribution in [2.24, 2.45) is 0 Å². The highest BCUT2D eigenvalue weighted by atomic mass is 79.9. The van der Waals surface area contributed by atoms with Gasteiger partial charge in [-0.25, -0.2) is 8.78 Å². The molecule has 2 nitrogen and oxygen atoms in total. The minimum absolute atomic E-state index is 0.278. The van der Waals surface area contributed by atoms with Gasteiger partial charge in [-0.05, 0) is 17.7 Å². The maximum absolute atomic E-state index is 12.2. The molecule has 2 rings (SSSR count). The van der Waals surface area contributed by atoms with Crippen molar-refractivity contribution in [1.29, 1.82) is 0 Å². The van der Waals surface area contributed by atoms with Crippen molar-refractivity contribution in [2.75, 3.05) is 6.61 Å². The number of fused-ring (bicyclic) bond motifs is 1. The Labute approximate surface area is 99.7 Å². The van der Waals surface area contributed by atoms with Crippen molar-refractivity contribution < 1.29 is 18.3 Å². The van der Waals surface area contributed by atoms with Crippen LogP contribution < -0.4 is 4.74 Å². The van der Waals surface area contributed by atoms with Crippen LogP contribution in [0.3, 0.4) is 0 Å². The largest absolute Gasteiger partial charge is 0.493 e. The van der Waals surface area contributed by atoms with E-state index in [4.69, 9.17) is 4.74 Å². The molecular weight excluding hydrogens is 282 g/mol. The van der Waals surface area contributed by atoms with E-state index in [0.717, 1.165) is 16.5 Å². The van der Waals surface area contributed by atoms with Crippen LogP contribution in [0.5, 0.6) is 5.75 Å². The number of rotatable bonds is 3. The average molecular weight is 291 g/mol. The SMILES string of the molecule is O=C(Cc1cc(Br)cc2c1OCC2)C(F)F. The summed E-state index contributed by atoms with van der Waals surface area (Å²) in [4.78, 5) is 11.0. The molecule has 1 aromatic rings. The number of carbonyl (C=O) groups is 1. The summed E-state index contributed by atoms with van der Waals surface area (Å²) in [5.74, 6) is -0.479. The second kappa shape index (κ2) is 4.49. The Morgan fingerprint density at radius 1 is 1.50 bits per heavy atom. The normalized spacial score (nSPS) is 13.8. The van der Waals surface area contributed by atoms with E-state index in [1.165, 1.54) is 0 Å². The van der Waals surface area contributed by atoms with Crippen molar-refractivity contribution in [1.82, 2.24) is 0 Å². The number of halogens is 3. The van der Waals surface area contributed by atoms with Gasteiger partial charge in [-0.2, -0.15) is 0 Å². The van der Waals surface area contributed by atoms with Crippen LogP contribution in [0, 0.1) is 0 Å². The first-order valence-corrected chi connectivity index (χ1v) is 5.62. The van der Waals surface area contributed by atoms with Crippen LogP contribution in [0.4, 0.5) is 8.78 Å². The molecule has 0 fully saturated rings. The molecule has 5 heteroatoms. The first kappa shape index (κ1) is 11.5. The number of carbonyl (C=O) groups excluding carboxylic acids is 1. The molecule has 16 heavy (non-hydrogen) atoms. The Morgan fingerprint density at radius 2 is 2.25 bits per heavy atom. The fourth-order valence-electron chi connectivity index (χ4n) is 1.74. The Kier molecular flexibility index (Phi) is 3.23. The van der Waals surface area contributed by atoms with Crippen molar-refractivity contribution in [3.8, 4) is 5.75 Å². The Morgan fingerprint density at radius 3 is 2.94 bits per heavy atom. The Bertz CT molecular complexity index is 432. The topological polar surface area (TPSA) is 26.3 Å². The fraction of sp³-hybridized carbons (Fsp3) is 0.364. The van der Waals surface area contributed by atoms with E-state index in [0.29, 0.717) is 17.9 Å². The molecule has 0 spiro atoms. The minimum Gasteiger partial charge on any atom is -0.493 e. The van der Waals surface area contributed by atoms with Gasteiger partial charge >= 0.3 is 0 Å². The van der Waals surface area contributed by atoms with Crippen LogP contribution in [-0.2, 0) is 17.6 Å². The number of ketones is 1. The lowest BCUT2D eigenvalue weighted by Gasteiger charge is -2.08. The second-order valence-corrected chi connectivity index (χ2v) is 4.51. The molecule has 0 N–H and O–H groups in total. The zero-order valence-corrected chi connectivity index (χ0v) is 9.89. The number of hydrogen-bond acceptors (Lipinski definition) is 2. The third-order valence-corrected chi connectivity index (χ3v) is 2.89. The van der Waals surface area contributed by atoms with Gasteiger partial charge in [0.2, 0.25) is 5.78 Å². The van der Waals surface area contributed by atoms with Crippen molar-refractivity contribution in [3.63, 3.8) is 0 Å². The van der Waals surface area contributed by atoms with E-state index >= 15 is 0 Å². The summed E-state index contributed by atoms with van der Waals surface area (Å²) in [6.07, 6.45) is -2.44. The lowest BCUT2D eigenvalue weighted by Crippen LogP contribution is -2.13. The maximum Gasteiger partial charge on any atom is 0.296 e. The van der Waals surface area contributed by atoms with Gasteiger partial charge in [0.05, 0.1) is 6.61 Å².